The van der Waals surface area contributed by atoms with Crippen molar-refractivity contribution in [2.45, 2.75) is 199 Å². The van der Waals surface area contributed by atoms with Crippen LogP contribution < -0.4 is 37.7 Å². The summed E-state index contributed by atoms with van der Waals surface area (Å²) < 4.78 is 11.8. The van der Waals surface area contributed by atoms with Crippen LogP contribution in [-0.4, -0.2) is 94.5 Å². The molecule has 0 aliphatic heterocycles. The van der Waals surface area contributed by atoms with Gasteiger partial charge in [-0.3, -0.25) is 30.2 Å². The van der Waals surface area contributed by atoms with Crippen LogP contribution in [0.4, 0.5) is 31.1 Å². The van der Waals surface area contributed by atoms with Crippen molar-refractivity contribution in [2.75, 3.05) is 44.0 Å². The van der Waals surface area contributed by atoms with Crippen molar-refractivity contribution < 1.29 is 28.7 Å². The van der Waals surface area contributed by atoms with Crippen LogP contribution in [0.5, 0.6) is 0 Å². The summed E-state index contributed by atoms with van der Waals surface area (Å²) in [6, 6.07) is 1.64. The molecule has 0 bridgehead atoms. The maximum absolute atomic E-state index is 13.6. The van der Waals surface area contributed by atoms with Gasteiger partial charge < -0.3 is 30.3 Å². The van der Waals surface area contributed by atoms with E-state index in [0.29, 0.717) is 68.3 Å². The smallest absolute Gasteiger partial charge is 0.409 e. The SMILES string of the molecule is CCC(CCOC(=O)N(C)C1CC(C)(C)CC(C)(CNC(=O)Nc2nc(C)cc(=O)[nH]2)C1)CC(C)(C)CC(CC)C(C)(C)CC(C)CCOC(=O)NC1CC(C)(C)CC(C)(CNC(=O)Nc2nc(C)cc(=O)[nH]2)C1. The van der Waals surface area contributed by atoms with Crippen LogP contribution in [0.25, 0.3) is 0 Å². The van der Waals surface area contributed by atoms with Gasteiger partial charge in [0.25, 0.3) is 11.1 Å². The predicted octanol–water partition coefficient (Wildman–Crippen LogP) is 11.1. The van der Waals surface area contributed by atoms with Crippen molar-refractivity contribution >= 4 is 36.1 Å². The summed E-state index contributed by atoms with van der Waals surface area (Å²) in [6.07, 6.45) is 10.8. The highest BCUT2D eigenvalue weighted by Gasteiger charge is 2.45. The second-order valence-electron chi connectivity index (χ2n) is 26.4. The molecule has 4 rings (SSSR count). The Balaban J connectivity index is 1.19. The number of ether oxygens (including phenoxy) is 2. The number of urea groups is 2. The molecular weight excluding hydrogens is 941 g/mol. The molecule has 2 aromatic rings. The largest absolute Gasteiger partial charge is 0.450 e. The Kier molecular flexibility index (Phi) is 21.2. The molecule has 7 atom stereocenters. The first-order valence-corrected chi connectivity index (χ1v) is 27.3. The van der Waals surface area contributed by atoms with E-state index in [-0.39, 0.29) is 73.7 Å². The van der Waals surface area contributed by atoms with Crippen molar-refractivity contribution in [1.29, 1.82) is 0 Å². The molecule has 418 valence electrons. The third kappa shape index (κ3) is 20.2. The Bertz CT molecular complexity index is 2330. The lowest BCUT2D eigenvalue weighted by Crippen LogP contribution is -2.51. The number of hydrogen-bond acceptors (Lipinski definition) is 10. The number of aromatic nitrogens is 4. The minimum absolute atomic E-state index is 0.0588. The number of aromatic amines is 2. The Labute approximate surface area is 442 Å². The summed E-state index contributed by atoms with van der Waals surface area (Å²) in [4.78, 5) is 91.2. The molecule has 74 heavy (non-hydrogen) atoms. The summed E-state index contributed by atoms with van der Waals surface area (Å²) in [7, 11) is 1.83. The number of alkyl carbamates (subject to hydrolysis) is 1. The van der Waals surface area contributed by atoms with Crippen LogP contribution in [0.3, 0.4) is 0 Å². The van der Waals surface area contributed by atoms with Crippen LogP contribution >= 0.6 is 0 Å². The monoisotopic (exact) mass is 1040 g/mol. The van der Waals surface area contributed by atoms with Crippen molar-refractivity contribution in [2.24, 2.45) is 50.2 Å². The molecule has 2 fully saturated rings. The third-order valence-electron chi connectivity index (χ3n) is 15.9. The molecule has 0 radical (unpaired) electrons. The summed E-state index contributed by atoms with van der Waals surface area (Å²) in [5.74, 6) is 1.43. The normalized spacial score (nSPS) is 22.8. The zero-order valence-corrected chi connectivity index (χ0v) is 48.2. The standard InChI is InChI=1S/C56H96N10O8/c1-17-39(20-22-74-50(72)66(16)42-30-53(10,11)33-56(15,31-42)35-58-48(70)65-46-60-38(5)24-44(68)63-46)26-51(6,7)27-40(18-2)54(12,13)25-36(3)19-21-73-49(71)61-41-28-52(8,9)32-55(14,29-41)34-57-47(69)64-45-59-37(4)23-43(67)62-45/h23-24,36,39-42H,17-22,25-35H2,1-16H3,(H,61,71)(H3,57,59,62,64,67,69)(H3,58,60,63,65,68,70). The minimum atomic E-state index is -0.456. The molecule has 6 amide bonds. The van der Waals surface area contributed by atoms with Gasteiger partial charge in [0.2, 0.25) is 11.9 Å². The zero-order valence-electron chi connectivity index (χ0n) is 48.2. The van der Waals surface area contributed by atoms with E-state index in [1.807, 2.05) is 7.05 Å². The van der Waals surface area contributed by atoms with Crippen LogP contribution in [-0.2, 0) is 9.47 Å². The number of anilines is 2. The van der Waals surface area contributed by atoms with E-state index in [2.05, 4.69) is 137 Å². The quantitative estimate of drug-likeness (QED) is 0.0555. The molecule has 7 unspecified atom stereocenters. The highest BCUT2D eigenvalue weighted by molar-refractivity contribution is 5.87. The molecule has 2 saturated carbocycles. The molecule has 2 heterocycles. The summed E-state index contributed by atoms with van der Waals surface area (Å²) in [5.41, 5.74) is -0.231. The van der Waals surface area contributed by atoms with Crippen LogP contribution in [0.15, 0.2) is 21.7 Å². The van der Waals surface area contributed by atoms with Gasteiger partial charge in [-0.15, -0.1) is 0 Å². The molecule has 18 nitrogen and oxygen atoms in total. The Morgan fingerprint density at radius 1 is 0.730 bits per heavy atom. The lowest BCUT2D eigenvalue weighted by atomic mass is 9.62. The van der Waals surface area contributed by atoms with Crippen molar-refractivity contribution in [3.8, 4) is 0 Å². The summed E-state index contributed by atoms with van der Waals surface area (Å²) >= 11 is 0. The second kappa shape index (κ2) is 25.6. The van der Waals surface area contributed by atoms with Gasteiger partial charge in [-0.2, -0.15) is 0 Å². The Hall–Kier alpha value is -5.16. The summed E-state index contributed by atoms with van der Waals surface area (Å²) in [5, 5.41) is 14.3. The number of carbonyl (C=O) groups excluding carboxylic acids is 4. The van der Waals surface area contributed by atoms with Gasteiger partial charge >= 0.3 is 24.2 Å². The summed E-state index contributed by atoms with van der Waals surface area (Å²) in [6.45, 7) is 34.2. The minimum Gasteiger partial charge on any atom is -0.450 e. The van der Waals surface area contributed by atoms with E-state index in [1.165, 1.54) is 12.1 Å². The number of nitrogens with zero attached hydrogens (tertiary/aromatic N) is 3. The fraction of sp³-hybridized carbons (Fsp3) is 0.786. The fourth-order valence-electron chi connectivity index (χ4n) is 13.3. The van der Waals surface area contributed by atoms with Crippen LogP contribution in [0.2, 0.25) is 0 Å². The van der Waals surface area contributed by atoms with Gasteiger partial charge in [0.05, 0.1) is 13.2 Å². The molecule has 2 aliphatic carbocycles. The lowest BCUT2D eigenvalue weighted by Gasteiger charge is -2.48. The number of aryl methyl sites for hydroxylation is 2. The van der Waals surface area contributed by atoms with Crippen LogP contribution in [0, 0.1) is 64.1 Å². The van der Waals surface area contributed by atoms with E-state index in [4.69, 9.17) is 9.47 Å². The molecule has 2 aliphatic rings. The first-order valence-electron chi connectivity index (χ1n) is 27.3. The number of H-pyrrole nitrogens is 2. The molecule has 2 aromatic heterocycles. The third-order valence-corrected chi connectivity index (χ3v) is 15.9. The predicted molar refractivity (Wildman–Crippen MR) is 293 cm³/mol. The lowest BCUT2D eigenvalue weighted by molar-refractivity contribution is 0.0190. The van der Waals surface area contributed by atoms with E-state index in [0.717, 1.165) is 70.6 Å². The van der Waals surface area contributed by atoms with Crippen LogP contribution in [0.1, 0.15) is 185 Å². The molecule has 18 heteroatoms. The molecule has 0 spiro atoms. The molecule has 0 saturated heterocycles. The first-order chi connectivity index (χ1) is 34.2. The number of hydrogen-bond donors (Lipinski definition) is 7. The van der Waals surface area contributed by atoms with Gasteiger partial charge in [0.1, 0.15) is 0 Å². The van der Waals surface area contributed by atoms with Crippen molar-refractivity contribution in [3.63, 3.8) is 0 Å². The van der Waals surface area contributed by atoms with E-state index < -0.39 is 18.2 Å². The Morgan fingerprint density at radius 2 is 1.24 bits per heavy atom. The van der Waals surface area contributed by atoms with E-state index in [9.17, 15) is 28.8 Å². The van der Waals surface area contributed by atoms with Gasteiger partial charge in [-0.25, -0.2) is 29.1 Å². The van der Waals surface area contributed by atoms with Gasteiger partial charge in [-0.05, 0) is 135 Å². The van der Waals surface area contributed by atoms with E-state index >= 15 is 0 Å². The van der Waals surface area contributed by atoms with Gasteiger partial charge in [0, 0.05) is 55.7 Å². The fourth-order valence-corrected chi connectivity index (χ4v) is 13.3. The highest BCUT2D eigenvalue weighted by atomic mass is 16.6. The van der Waals surface area contributed by atoms with Gasteiger partial charge in [0.15, 0.2) is 0 Å². The average molecular weight is 1040 g/mol. The van der Waals surface area contributed by atoms with Crippen molar-refractivity contribution in [1.82, 2.24) is 40.8 Å². The first kappa shape index (κ1) is 61.4. The average Bonchev–Trinajstić information content (AvgIpc) is 3.24. The van der Waals surface area contributed by atoms with Gasteiger partial charge in [-0.1, -0.05) is 103 Å². The topological polar surface area (TPSA) is 242 Å². The molecule has 0 aromatic carbocycles. The second-order valence-corrected chi connectivity index (χ2v) is 26.4. The number of rotatable bonds is 23. The van der Waals surface area contributed by atoms with E-state index in [1.54, 1.807) is 18.7 Å². The maximum Gasteiger partial charge on any atom is 0.409 e. The van der Waals surface area contributed by atoms with Crippen molar-refractivity contribution in [3.05, 3.63) is 44.2 Å². The molecular formula is C56H96N10O8. The highest BCUT2D eigenvalue weighted by Crippen LogP contribution is 2.49. The number of carbonyl (C=O) groups is 4. The maximum atomic E-state index is 13.6. The number of amides is 6. The number of nitrogens with one attached hydrogen (secondary N) is 7. The molecule has 7 N–H and O–H groups in total. The zero-order chi connectivity index (χ0) is 55.5. The Morgan fingerprint density at radius 3 is 1.76 bits per heavy atom.